The molecule has 0 bridgehead atoms. The summed E-state index contributed by atoms with van der Waals surface area (Å²) < 4.78 is 11.8. The summed E-state index contributed by atoms with van der Waals surface area (Å²) in [7, 11) is 2.09. The number of aryl methyl sites for hydroxylation is 2. The first-order valence-corrected chi connectivity index (χ1v) is 11.3. The van der Waals surface area contributed by atoms with E-state index in [0.29, 0.717) is 6.61 Å². The van der Waals surface area contributed by atoms with E-state index in [9.17, 15) is 4.79 Å². The molecule has 1 saturated heterocycles. The van der Waals surface area contributed by atoms with Gasteiger partial charge in [-0.05, 0) is 57.5 Å². The molecule has 32 heavy (non-hydrogen) atoms. The van der Waals surface area contributed by atoms with Gasteiger partial charge in [0, 0.05) is 54.8 Å². The molecule has 1 fully saturated rings. The number of ether oxygens (including phenoxy) is 1. The van der Waals surface area contributed by atoms with E-state index in [1.807, 2.05) is 31.1 Å². The maximum absolute atomic E-state index is 12.9. The monoisotopic (exact) mass is 432 g/mol. The van der Waals surface area contributed by atoms with Gasteiger partial charge in [-0.1, -0.05) is 23.8 Å². The van der Waals surface area contributed by atoms with Crippen LogP contribution in [0.4, 0.5) is 0 Å². The Balaban J connectivity index is 1.75. The summed E-state index contributed by atoms with van der Waals surface area (Å²) in [5, 5.41) is 1.02. The molecule has 168 valence electrons. The number of furan rings is 1. The lowest BCUT2D eigenvalue weighted by atomic mass is 9.96. The largest absolute Gasteiger partial charge is 0.493 e. The zero-order valence-corrected chi connectivity index (χ0v) is 19.7. The Kier molecular flexibility index (Phi) is 6.38. The van der Waals surface area contributed by atoms with Gasteiger partial charge in [-0.25, -0.2) is 0 Å². The molecule has 0 aliphatic carbocycles. The Labute approximate surface area is 190 Å². The molecule has 1 aromatic heterocycles. The van der Waals surface area contributed by atoms with Crippen molar-refractivity contribution in [3.8, 4) is 16.9 Å². The molecular weight excluding hydrogens is 400 g/mol. The lowest BCUT2D eigenvalue weighted by Crippen LogP contribution is -2.46. The average molecular weight is 433 g/mol. The number of benzene rings is 2. The topological polar surface area (TPSA) is 45.9 Å². The summed E-state index contributed by atoms with van der Waals surface area (Å²) in [6.07, 6.45) is 3.56. The zero-order valence-electron chi connectivity index (χ0n) is 19.7. The Morgan fingerprint density at radius 2 is 1.84 bits per heavy atom. The summed E-state index contributed by atoms with van der Waals surface area (Å²) in [6.45, 7) is 12.0. The molecule has 0 atom stereocenters. The van der Waals surface area contributed by atoms with E-state index in [1.165, 1.54) is 11.1 Å². The first-order chi connectivity index (χ1) is 15.4. The SMILES string of the molecule is CCOc1cc2occ(-c3ccc(C)cc3C)c2cc1/C(C)=C/C(=O)N1CCN(C)CC1. The number of carbonyl (C=O) groups excluding carboxylic acids is 1. The van der Waals surface area contributed by atoms with E-state index in [2.05, 4.69) is 50.1 Å². The van der Waals surface area contributed by atoms with Crippen LogP contribution in [-0.4, -0.2) is 55.5 Å². The van der Waals surface area contributed by atoms with Crippen molar-refractivity contribution < 1.29 is 13.9 Å². The quantitative estimate of drug-likeness (QED) is 0.514. The van der Waals surface area contributed by atoms with Crippen LogP contribution >= 0.6 is 0 Å². The Morgan fingerprint density at radius 1 is 1.09 bits per heavy atom. The van der Waals surface area contributed by atoms with Crippen LogP contribution in [-0.2, 0) is 4.79 Å². The number of likely N-dealkylation sites (N-methyl/N-ethyl adjacent to an activating group) is 1. The van der Waals surface area contributed by atoms with Crippen molar-refractivity contribution in [3.05, 3.63) is 59.4 Å². The average Bonchev–Trinajstić information content (AvgIpc) is 3.16. The van der Waals surface area contributed by atoms with E-state index in [-0.39, 0.29) is 5.91 Å². The minimum Gasteiger partial charge on any atom is -0.493 e. The predicted molar refractivity (Wildman–Crippen MR) is 130 cm³/mol. The number of allylic oxidation sites excluding steroid dienone is 1. The molecule has 1 aliphatic rings. The summed E-state index contributed by atoms with van der Waals surface area (Å²) in [5.41, 5.74) is 7.26. The minimum atomic E-state index is 0.0555. The molecule has 0 saturated carbocycles. The number of fused-ring (bicyclic) bond motifs is 1. The van der Waals surface area contributed by atoms with Gasteiger partial charge < -0.3 is 19.0 Å². The molecule has 0 spiro atoms. The Bertz CT molecular complexity index is 1170. The molecule has 2 heterocycles. The van der Waals surface area contributed by atoms with Crippen molar-refractivity contribution >= 4 is 22.4 Å². The molecule has 3 aromatic rings. The Hall–Kier alpha value is -3.05. The van der Waals surface area contributed by atoms with E-state index in [0.717, 1.165) is 65.2 Å². The summed E-state index contributed by atoms with van der Waals surface area (Å²) in [4.78, 5) is 17.1. The van der Waals surface area contributed by atoms with Gasteiger partial charge in [0.05, 0.1) is 12.9 Å². The first-order valence-electron chi connectivity index (χ1n) is 11.3. The minimum absolute atomic E-state index is 0.0555. The van der Waals surface area contributed by atoms with E-state index in [1.54, 1.807) is 6.08 Å². The second kappa shape index (κ2) is 9.21. The fourth-order valence-corrected chi connectivity index (χ4v) is 4.34. The van der Waals surface area contributed by atoms with Gasteiger partial charge in [0.15, 0.2) is 0 Å². The fraction of sp³-hybridized carbons (Fsp3) is 0.370. The molecule has 1 aliphatic heterocycles. The normalized spacial score (nSPS) is 15.4. The van der Waals surface area contributed by atoms with Crippen molar-refractivity contribution in [1.82, 2.24) is 9.80 Å². The molecular formula is C27H32N2O3. The van der Waals surface area contributed by atoms with Gasteiger partial charge in [0.2, 0.25) is 5.91 Å². The van der Waals surface area contributed by atoms with Crippen LogP contribution in [0.1, 0.15) is 30.5 Å². The molecule has 5 heteroatoms. The highest BCUT2D eigenvalue weighted by Gasteiger charge is 2.20. The number of hydrogen-bond acceptors (Lipinski definition) is 4. The number of nitrogens with zero attached hydrogens (tertiary/aromatic N) is 2. The molecule has 0 radical (unpaired) electrons. The highest BCUT2D eigenvalue weighted by Crippen LogP contribution is 2.38. The fourth-order valence-electron chi connectivity index (χ4n) is 4.34. The van der Waals surface area contributed by atoms with Crippen LogP contribution in [0.15, 0.2) is 47.1 Å². The van der Waals surface area contributed by atoms with Crippen molar-refractivity contribution in [2.45, 2.75) is 27.7 Å². The standard InChI is InChI=1S/C27H32N2O3/c1-6-31-25-16-26-23(24(17-32-26)21-8-7-18(2)13-19(21)3)15-22(25)20(4)14-27(30)29-11-9-28(5)10-12-29/h7-8,13-17H,6,9-12H2,1-5H3/b20-14+. The van der Waals surface area contributed by atoms with Gasteiger partial charge in [0.1, 0.15) is 11.3 Å². The van der Waals surface area contributed by atoms with Crippen LogP contribution in [0.2, 0.25) is 0 Å². The molecule has 5 nitrogen and oxygen atoms in total. The van der Waals surface area contributed by atoms with Crippen molar-refractivity contribution in [1.29, 1.82) is 0 Å². The third kappa shape index (κ3) is 4.44. The van der Waals surface area contributed by atoms with Crippen molar-refractivity contribution in [2.75, 3.05) is 39.8 Å². The molecule has 4 rings (SSSR count). The highest BCUT2D eigenvalue weighted by molar-refractivity contribution is 6.00. The molecule has 0 N–H and O–H groups in total. The second-order valence-electron chi connectivity index (χ2n) is 8.70. The second-order valence-corrected chi connectivity index (χ2v) is 8.70. The van der Waals surface area contributed by atoms with Crippen LogP contribution in [0, 0.1) is 13.8 Å². The third-order valence-electron chi connectivity index (χ3n) is 6.23. The van der Waals surface area contributed by atoms with Crippen LogP contribution in [0.25, 0.3) is 27.7 Å². The van der Waals surface area contributed by atoms with Gasteiger partial charge >= 0.3 is 0 Å². The molecule has 2 aromatic carbocycles. The number of hydrogen-bond donors (Lipinski definition) is 0. The maximum atomic E-state index is 12.9. The number of piperazine rings is 1. The summed E-state index contributed by atoms with van der Waals surface area (Å²) in [6, 6.07) is 10.5. The Morgan fingerprint density at radius 3 is 2.53 bits per heavy atom. The lowest BCUT2D eigenvalue weighted by molar-refractivity contribution is -0.127. The lowest BCUT2D eigenvalue weighted by Gasteiger charge is -2.31. The van der Waals surface area contributed by atoms with Gasteiger partial charge in [-0.15, -0.1) is 0 Å². The smallest absolute Gasteiger partial charge is 0.246 e. The van der Waals surface area contributed by atoms with Crippen molar-refractivity contribution in [2.24, 2.45) is 0 Å². The first kappa shape index (κ1) is 22.2. The van der Waals surface area contributed by atoms with Gasteiger partial charge in [0.25, 0.3) is 0 Å². The van der Waals surface area contributed by atoms with Crippen LogP contribution in [0.3, 0.4) is 0 Å². The van der Waals surface area contributed by atoms with Crippen LogP contribution in [0.5, 0.6) is 5.75 Å². The van der Waals surface area contributed by atoms with Gasteiger partial charge in [-0.2, -0.15) is 0 Å². The highest BCUT2D eigenvalue weighted by atomic mass is 16.5. The zero-order chi connectivity index (χ0) is 22.8. The summed E-state index contributed by atoms with van der Waals surface area (Å²) >= 11 is 0. The van der Waals surface area contributed by atoms with E-state index in [4.69, 9.17) is 9.15 Å². The van der Waals surface area contributed by atoms with Crippen molar-refractivity contribution in [3.63, 3.8) is 0 Å². The molecule has 0 unspecified atom stereocenters. The summed E-state index contributed by atoms with van der Waals surface area (Å²) in [5.74, 6) is 0.793. The number of amides is 1. The molecule has 1 amide bonds. The number of carbonyl (C=O) groups is 1. The predicted octanol–water partition coefficient (Wildman–Crippen LogP) is 5.29. The third-order valence-corrected chi connectivity index (χ3v) is 6.23. The van der Waals surface area contributed by atoms with E-state index < -0.39 is 0 Å². The van der Waals surface area contributed by atoms with Gasteiger partial charge in [-0.3, -0.25) is 4.79 Å². The maximum Gasteiger partial charge on any atom is 0.246 e. The van der Waals surface area contributed by atoms with Crippen LogP contribution < -0.4 is 4.74 Å². The number of rotatable bonds is 5. The van der Waals surface area contributed by atoms with E-state index >= 15 is 0 Å².